The zero-order valence-electron chi connectivity index (χ0n) is 8.04. The third-order valence-electron chi connectivity index (χ3n) is 2.07. The number of aryl methyl sites for hydroxylation is 1. The molecule has 14 heavy (non-hydrogen) atoms. The molecule has 0 amide bonds. The van der Waals surface area contributed by atoms with E-state index in [1.54, 1.807) is 19.9 Å². The van der Waals surface area contributed by atoms with Crippen molar-refractivity contribution < 1.29 is 8.81 Å². The van der Waals surface area contributed by atoms with E-state index in [4.69, 9.17) is 10.2 Å². The fourth-order valence-corrected chi connectivity index (χ4v) is 1.27. The van der Waals surface area contributed by atoms with Crippen LogP contribution in [0.4, 0.5) is 4.39 Å². The Morgan fingerprint density at radius 1 is 1.50 bits per heavy atom. The van der Waals surface area contributed by atoms with E-state index in [0.717, 1.165) is 0 Å². The van der Waals surface area contributed by atoms with Crippen LogP contribution in [0.2, 0.25) is 0 Å². The van der Waals surface area contributed by atoms with Gasteiger partial charge in [-0.25, -0.2) is 9.37 Å². The molecule has 1 aromatic carbocycles. The van der Waals surface area contributed by atoms with Crippen molar-refractivity contribution in [2.24, 2.45) is 5.73 Å². The first-order valence-electron chi connectivity index (χ1n) is 4.40. The number of oxazole rings is 1. The van der Waals surface area contributed by atoms with E-state index in [0.29, 0.717) is 22.6 Å². The molecule has 2 N–H and O–H groups in total. The van der Waals surface area contributed by atoms with Crippen LogP contribution >= 0.6 is 0 Å². The van der Waals surface area contributed by atoms with Crippen molar-refractivity contribution >= 4 is 11.1 Å². The number of halogens is 1. The van der Waals surface area contributed by atoms with Crippen molar-refractivity contribution in [3.8, 4) is 0 Å². The Kier molecular flexibility index (Phi) is 2.00. The van der Waals surface area contributed by atoms with Crippen LogP contribution in [-0.2, 0) is 0 Å². The van der Waals surface area contributed by atoms with Crippen LogP contribution in [0, 0.1) is 12.7 Å². The summed E-state index contributed by atoms with van der Waals surface area (Å²) in [5.74, 6) is 0.148. The quantitative estimate of drug-likeness (QED) is 0.757. The monoisotopic (exact) mass is 194 g/mol. The number of nitrogens with two attached hydrogens (primary N) is 1. The SMILES string of the molecule is Cc1cc2nc([C@H](C)N)oc2cc1F. The maximum absolute atomic E-state index is 13.1. The van der Waals surface area contributed by atoms with Gasteiger partial charge in [-0.1, -0.05) is 0 Å². The summed E-state index contributed by atoms with van der Waals surface area (Å²) in [6.45, 7) is 3.46. The van der Waals surface area contributed by atoms with E-state index < -0.39 is 0 Å². The van der Waals surface area contributed by atoms with E-state index >= 15 is 0 Å². The van der Waals surface area contributed by atoms with Crippen LogP contribution in [0.3, 0.4) is 0 Å². The molecule has 1 heterocycles. The van der Waals surface area contributed by atoms with Gasteiger partial charge in [0.2, 0.25) is 5.89 Å². The lowest BCUT2D eigenvalue weighted by molar-refractivity contribution is 0.491. The van der Waals surface area contributed by atoms with Gasteiger partial charge in [0, 0.05) is 6.07 Å². The third kappa shape index (κ3) is 1.37. The molecule has 0 spiro atoms. The highest BCUT2D eigenvalue weighted by molar-refractivity contribution is 5.73. The van der Waals surface area contributed by atoms with Gasteiger partial charge in [-0.2, -0.15) is 0 Å². The number of benzene rings is 1. The van der Waals surface area contributed by atoms with Crippen LogP contribution in [0.5, 0.6) is 0 Å². The first-order chi connectivity index (χ1) is 6.58. The minimum atomic E-state index is -0.287. The van der Waals surface area contributed by atoms with Crippen LogP contribution < -0.4 is 5.73 Å². The van der Waals surface area contributed by atoms with Crippen molar-refractivity contribution in [1.29, 1.82) is 0 Å². The van der Waals surface area contributed by atoms with Crippen LogP contribution in [0.1, 0.15) is 24.4 Å². The molecule has 2 rings (SSSR count). The third-order valence-corrected chi connectivity index (χ3v) is 2.07. The predicted molar refractivity (Wildman–Crippen MR) is 51.3 cm³/mol. The Balaban J connectivity index is 2.66. The van der Waals surface area contributed by atoms with Crippen molar-refractivity contribution in [2.45, 2.75) is 19.9 Å². The second kappa shape index (κ2) is 3.06. The summed E-state index contributed by atoms with van der Waals surface area (Å²) >= 11 is 0. The maximum atomic E-state index is 13.1. The smallest absolute Gasteiger partial charge is 0.212 e. The molecule has 2 aromatic rings. The molecule has 0 saturated carbocycles. The van der Waals surface area contributed by atoms with Gasteiger partial charge >= 0.3 is 0 Å². The van der Waals surface area contributed by atoms with E-state index in [-0.39, 0.29) is 11.9 Å². The fraction of sp³-hybridized carbons (Fsp3) is 0.300. The number of fused-ring (bicyclic) bond motifs is 1. The molecule has 0 unspecified atom stereocenters. The van der Waals surface area contributed by atoms with Crippen LogP contribution in [-0.4, -0.2) is 4.98 Å². The second-order valence-electron chi connectivity index (χ2n) is 3.41. The molecule has 1 aromatic heterocycles. The molecule has 1 atom stereocenters. The Morgan fingerprint density at radius 2 is 2.21 bits per heavy atom. The van der Waals surface area contributed by atoms with Crippen molar-refractivity contribution in [3.05, 3.63) is 29.4 Å². The van der Waals surface area contributed by atoms with Gasteiger partial charge in [-0.3, -0.25) is 0 Å². The summed E-state index contributed by atoms with van der Waals surface area (Å²) in [6, 6.07) is 2.72. The minimum Gasteiger partial charge on any atom is -0.439 e. The minimum absolute atomic E-state index is 0.272. The zero-order valence-corrected chi connectivity index (χ0v) is 8.04. The van der Waals surface area contributed by atoms with E-state index in [1.165, 1.54) is 6.07 Å². The topological polar surface area (TPSA) is 52.0 Å². The van der Waals surface area contributed by atoms with Gasteiger partial charge in [0.1, 0.15) is 11.3 Å². The first kappa shape index (κ1) is 9.15. The first-order valence-corrected chi connectivity index (χ1v) is 4.40. The fourth-order valence-electron chi connectivity index (χ4n) is 1.27. The average Bonchev–Trinajstić information content (AvgIpc) is 2.48. The molecule has 0 aliphatic carbocycles. The molecule has 3 nitrogen and oxygen atoms in total. The molecule has 0 radical (unpaired) electrons. The summed E-state index contributed by atoms with van der Waals surface area (Å²) < 4.78 is 18.4. The number of nitrogens with zero attached hydrogens (tertiary/aromatic N) is 1. The molecule has 0 saturated heterocycles. The normalized spacial score (nSPS) is 13.4. The summed E-state index contributed by atoms with van der Waals surface area (Å²) in [7, 11) is 0. The van der Waals surface area contributed by atoms with Gasteiger partial charge in [0.05, 0.1) is 6.04 Å². The number of hydrogen-bond donors (Lipinski definition) is 1. The van der Waals surface area contributed by atoms with Crippen molar-refractivity contribution in [1.82, 2.24) is 4.98 Å². The lowest BCUT2D eigenvalue weighted by Gasteiger charge is -1.94. The number of rotatable bonds is 1. The Bertz CT molecular complexity index is 437. The van der Waals surface area contributed by atoms with Crippen molar-refractivity contribution in [3.63, 3.8) is 0 Å². The summed E-state index contributed by atoms with van der Waals surface area (Å²) in [5, 5.41) is 0. The van der Waals surface area contributed by atoms with E-state index in [9.17, 15) is 4.39 Å². The molecule has 4 heteroatoms. The largest absolute Gasteiger partial charge is 0.439 e. The molecule has 0 fully saturated rings. The Labute approximate surface area is 80.7 Å². The van der Waals surface area contributed by atoms with Gasteiger partial charge in [-0.05, 0) is 25.5 Å². The van der Waals surface area contributed by atoms with Gasteiger partial charge < -0.3 is 10.2 Å². The van der Waals surface area contributed by atoms with E-state index in [2.05, 4.69) is 4.98 Å². The molecule has 74 valence electrons. The van der Waals surface area contributed by atoms with Gasteiger partial charge in [-0.15, -0.1) is 0 Å². The van der Waals surface area contributed by atoms with Gasteiger partial charge in [0.15, 0.2) is 5.58 Å². The summed E-state index contributed by atoms with van der Waals surface area (Å²) in [5.41, 5.74) is 7.26. The highest BCUT2D eigenvalue weighted by atomic mass is 19.1. The highest BCUT2D eigenvalue weighted by Crippen LogP contribution is 2.21. The number of aromatic nitrogens is 1. The summed E-state index contributed by atoms with van der Waals surface area (Å²) in [6.07, 6.45) is 0. The van der Waals surface area contributed by atoms with Crippen molar-refractivity contribution in [2.75, 3.05) is 0 Å². The molecule has 0 aliphatic heterocycles. The maximum Gasteiger partial charge on any atom is 0.212 e. The van der Waals surface area contributed by atoms with Crippen LogP contribution in [0.15, 0.2) is 16.5 Å². The second-order valence-corrected chi connectivity index (χ2v) is 3.41. The highest BCUT2D eigenvalue weighted by Gasteiger charge is 2.11. The number of hydrogen-bond acceptors (Lipinski definition) is 3. The van der Waals surface area contributed by atoms with Gasteiger partial charge in [0.25, 0.3) is 0 Å². The lowest BCUT2D eigenvalue weighted by Crippen LogP contribution is -2.04. The summed E-state index contributed by atoms with van der Waals surface area (Å²) in [4.78, 5) is 4.16. The zero-order chi connectivity index (χ0) is 10.3. The standard InChI is InChI=1S/C10H11FN2O/c1-5-3-8-9(4-7(5)11)14-10(13-8)6(2)12/h3-4,6H,12H2,1-2H3/t6-/m0/s1. The Morgan fingerprint density at radius 3 is 2.86 bits per heavy atom. The van der Waals surface area contributed by atoms with Crippen LogP contribution in [0.25, 0.3) is 11.1 Å². The molecular weight excluding hydrogens is 183 g/mol. The molecule has 0 bridgehead atoms. The molecule has 0 aliphatic rings. The van der Waals surface area contributed by atoms with E-state index in [1.807, 2.05) is 0 Å². The predicted octanol–water partition coefficient (Wildman–Crippen LogP) is 2.30. The lowest BCUT2D eigenvalue weighted by atomic mass is 10.2. The average molecular weight is 194 g/mol. The Hall–Kier alpha value is -1.42. The molecular formula is C10H11FN2O.